The molecule has 5 rings (SSSR count). The van der Waals surface area contributed by atoms with E-state index in [4.69, 9.17) is 4.74 Å². The Morgan fingerprint density at radius 2 is 1.60 bits per heavy atom. The summed E-state index contributed by atoms with van der Waals surface area (Å²) >= 11 is 0. The van der Waals surface area contributed by atoms with E-state index in [0.29, 0.717) is 26.1 Å². The van der Waals surface area contributed by atoms with Gasteiger partial charge in [-0.15, -0.1) is 0 Å². The average molecular weight is 472 g/mol. The smallest absolute Gasteiger partial charge is 0.408 e. The molecule has 0 spiro atoms. The number of carbonyl (C=O) groups excluding carboxylic acids is 2. The largest absolute Gasteiger partial charge is 0.445 e. The number of likely N-dealkylation sites (tertiary alicyclic amines) is 1. The Balaban J connectivity index is 1.31. The number of hydrogen-bond donors (Lipinski definition) is 1. The Hall–Kier alpha value is -3.87. The summed E-state index contributed by atoms with van der Waals surface area (Å²) in [5.74, 6) is 0.211. The maximum atomic E-state index is 13.7. The molecule has 1 N–H and O–H groups in total. The Morgan fingerprint density at radius 1 is 0.886 bits per heavy atom. The van der Waals surface area contributed by atoms with Crippen molar-refractivity contribution in [3.05, 3.63) is 106 Å². The van der Waals surface area contributed by atoms with E-state index in [1.807, 2.05) is 76.2 Å². The first-order valence-corrected chi connectivity index (χ1v) is 12.1. The standard InChI is InChI=1S/C28H29N3O4/c32-26-13-7-12-25-23-14-22(17-31(25)26)16-30(18-23)27(33)24(15-20-8-3-1-4-9-20)29-28(34)35-19-21-10-5-2-6-11-21/h1-13,22-24H,14-19H2,(H,29,34)/t22-,23?,24?/m0/s1. The molecule has 2 aliphatic rings. The van der Waals surface area contributed by atoms with E-state index in [-0.39, 0.29) is 29.9 Å². The third kappa shape index (κ3) is 5.29. The maximum Gasteiger partial charge on any atom is 0.408 e. The number of aromatic nitrogens is 1. The molecular formula is C28H29N3O4. The fraction of sp³-hybridized carbons (Fsp3) is 0.321. The first-order valence-electron chi connectivity index (χ1n) is 12.1. The normalized spacial score (nSPS) is 19.4. The van der Waals surface area contributed by atoms with Gasteiger partial charge in [-0.25, -0.2) is 4.79 Å². The molecule has 3 heterocycles. The average Bonchev–Trinajstić information content (AvgIpc) is 2.88. The van der Waals surface area contributed by atoms with Crippen LogP contribution in [0.3, 0.4) is 0 Å². The molecule has 7 nitrogen and oxygen atoms in total. The molecule has 2 bridgehead atoms. The number of ether oxygens (including phenoxy) is 1. The first-order chi connectivity index (χ1) is 17.1. The van der Waals surface area contributed by atoms with Crippen LogP contribution in [0.15, 0.2) is 83.7 Å². The quantitative estimate of drug-likeness (QED) is 0.598. The number of hydrogen-bond acceptors (Lipinski definition) is 4. The number of rotatable bonds is 6. The summed E-state index contributed by atoms with van der Waals surface area (Å²) in [6, 6.07) is 23.7. The fourth-order valence-electron chi connectivity index (χ4n) is 5.25. The molecule has 0 aliphatic carbocycles. The van der Waals surface area contributed by atoms with Crippen molar-refractivity contribution >= 4 is 12.0 Å². The molecule has 1 fully saturated rings. The van der Waals surface area contributed by atoms with E-state index >= 15 is 0 Å². The van der Waals surface area contributed by atoms with Gasteiger partial charge in [-0.3, -0.25) is 9.59 Å². The van der Waals surface area contributed by atoms with Gasteiger partial charge in [0.1, 0.15) is 12.6 Å². The summed E-state index contributed by atoms with van der Waals surface area (Å²) in [5, 5.41) is 2.82. The van der Waals surface area contributed by atoms with Crippen molar-refractivity contribution in [3.8, 4) is 0 Å². The highest BCUT2D eigenvalue weighted by Crippen LogP contribution is 2.35. The monoisotopic (exact) mass is 471 g/mol. The van der Waals surface area contributed by atoms with Crippen LogP contribution >= 0.6 is 0 Å². The zero-order valence-electron chi connectivity index (χ0n) is 19.5. The lowest BCUT2D eigenvalue weighted by atomic mass is 9.83. The Morgan fingerprint density at radius 3 is 2.34 bits per heavy atom. The minimum atomic E-state index is -0.738. The van der Waals surface area contributed by atoms with Crippen LogP contribution < -0.4 is 10.9 Å². The maximum absolute atomic E-state index is 13.7. The van der Waals surface area contributed by atoms with Gasteiger partial charge < -0.3 is 19.5 Å². The highest BCUT2D eigenvalue weighted by Gasteiger charge is 2.38. The molecule has 0 radical (unpaired) electrons. The van der Waals surface area contributed by atoms with Gasteiger partial charge in [-0.1, -0.05) is 66.7 Å². The van der Waals surface area contributed by atoms with E-state index in [1.165, 1.54) is 0 Å². The second-order valence-corrected chi connectivity index (χ2v) is 9.39. The Kier molecular flexibility index (Phi) is 6.66. The number of carbonyl (C=O) groups is 2. The van der Waals surface area contributed by atoms with E-state index in [1.54, 1.807) is 12.1 Å². The third-order valence-electron chi connectivity index (χ3n) is 6.88. The van der Waals surface area contributed by atoms with Crippen LogP contribution in [0, 0.1) is 5.92 Å². The van der Waals surface area contributed by atoms with Gasteiger partial charge in [-0.2, -0.15) is 0 Å². The molecule has 1 aromatic heterocycles. The molecule has 3 aromatic rings. The molecule has 7 heteroatoms. The van der Waals surface area contributed by atoms with E-state index in [9.17, 15) is 14.4 Å². The van der Waals surface area contributed by atoms with Crippen LogP contribution in [0.4, 0.5) is 4.79 Å². The summed E-state index contributed by atoms with van der Waals surface area (Å²) in [7, 11) is 0. The van der Waals surface area contributed by atoms with Crippen LogP contribution in [-0.2, 0) is 29.1 Å². The molecule has 35 heavy (non-hydrogen) atoms. The number of benzene rings is 2. The van der Waals surface area contributed by atoms with Gasteiger partial charge in [-0.05, 0) is 29.5 Å². The molecule has 2 amide bonds. The van der Waals surface area contributed by atoms with E-state index in [0.717, 1.165) is 23.2 Å². The molecule has 0 saturated carbocycles. The van der Waals surface area contributed by atoms with Crippen LogP contribution in [0.5, 0.6) is 0 Å². The number of amides is 2. The molecule has 2 unspecified atom stereocenters. The van der Waals surface area contributed by atoms with Gasteiger partial charge in [0.15, 0.2) is 0 Å². The second kappa shape index (κ2) is 10.2. The van der Waals surface area contributed by atoms with E-state index < -0.39 is 12.1 Å². The lowest BCUT2D eigenvalue weighted by molar-refractivity contribution is -0.136. The first kappa shape index (κ1) is 22.9. The van der Waals surface area contributed by atoms with Crippen LogP contribution in [-0.4, -0.2) is 40.6 Å². The summed E-state index contributed by atoms with van der Waals surface area (Å²) in [6.07, 6.45) is 0.725. The Bertz CT molecular complexity index is 1240. The van der Waals surface area contributed by atoms with Gasteiger partial charge in [0.05, 0.1) is 0 Å². The number of nitrogens with one attached hydrogen (secondary N) is 1. The lowest BCUT2D eigenvalue weighted by Crippen LogP contribution is -2.55. The van der Waals surface area contributed by atoms with Crippen molar-refractivity contribution in [3.63, 3.8) is 0 Å². The summed E-state index contributed by atoms with van der Waals surface area (Å²) in [6.45, 7) is 1.86. The highest BCUT2D eigenvalue weighted by molar-refractivity contribution is 5.86. The fourth-order valence-corrected chi connectivity index (χ4v) is 5.25. The zero-order valence-corrected chi connectivity index (χ0v) is 19.5. The molecule has 2 aliphatic heterocycles. The van der Waals surface area contributed by atoms with Gasteiger partial charge in [0.25, 0.3) is 5.56 Å². The minimum absolute atomic E-state index is 0.0155. The van der Waals surface area contributed by atoms with Crippen molar-refractivity contribution in [1.29, 1.82) is 0 Å². The van der Waals surface area contributed by atoms with Crippen molar-refractivity contribution in [2.45, 2.75) is 38.0 Å². The second-order valence-electron chi connectivity index (χ2n) is 9.39. The van der Waals surface area contributed by atoms with E-state index in [2.05, 4.69) is 5.32 Å². The van der Waals surface area contributed by atoms with Crippen molar-refractivity contribution in [2.75, 3.05) is 13.1 Å². The summed E-state index contributed by atoms with van der Waals surface area (Å²) < 4.78 is 7.26. The van der Waals surface area contributed by atoms with Gasteiger partial charge >= 0.3 is 6.09 Å². The van der Waals surface area contributed by atoms with Crippen LogP contribution in [0.1, 0.15) is 29.2 Å². The van der Waals surface area contributed by atoms with Crippen LogP contribution in [0.25, 0.3) is 0 Å². The zero-order chi connectivity index (χ0) is 24.2. The molecule has 3 atom stereocenters. The molecule has 180 valence electrons. The minimum Gasteiger partial charge on any atom is -0.445 e. The van der Waals surface area contributed by atoms with Crippen LogP contribution in [0.2, 0.25) is 0 Å². The third-order valence-corrected chi connectivity index (χ3v) is 6.88. The number of nitrogens with zero attached hydrogens (tertiary/aromatic N) is 2. The van der Waals surface area contributed by atoms with Crippen molar-refractivity contribution in [1.82, 2.24) is 14.8 Å². The number of alkyl carbamates (subject to hydrolysis) is 1. The highest BCUT2D eigenvalue weighted by atomic mass is 16.5. The number of pyridine rings is 1. The van der Waals surface area contributed by atoms with Gasteiger partial charge in [0, 0.05) is 43.7 Å². The predicted molar refractivity (Wildman–Crippen MR) is 132 cm³/mol. The van der Waals surface area contributed by atoms with Gasteiger partial charge in [0.2, 0.25) is 5.91 Å². The summed E-state index contributed by atoms with van der Waals surface area (Å²) in [5.41, 5.74) is 2.84. The molecule has 1 saturated heterocycles. The predicted octanol–water partition coefficient (Wildman–Crippen LogP) is 3.33. The van der Waals surface area contributed by atoms with Crippen molar-refractivity contribution in [2.24, 2.45) is 5.92 Å². The van der Waals surface area contributed by atoms with Crippen molar-refractivity contribution < 1.29 is 14.3 Å². The Labute approximate surface area is 204 Å². The number of piperidine rings is 1. The lowest BCUT2D eigenvalue weighted by Gasteiger charge is -2.43. The SMILES string of the molecule is O=C(NC(Cc1ccccc1)C(=O)N1CC2C[C@@H](C1)Cn1c2cccc1=O)OCc1ccccc1. The molecular weight excluding hydrogens is 442 g/mol. The number of fused-ring (bicyclic) bond motifs is 4. The topological polar surface area (TPSA) is 80.6 Å². The summed E-state index contributed by atoms with van der Waals surface area (Å²) in [4.78, 5) is 40.5. The molecule has 2 aromatic carbocycles.